The highest BCUT2D eigenvalue weighted by atomic mass is 16.6. The summed E-state index contributed by atoms with van der Waals surface area (Å²) in [5, 5.41) is 11.1. The molecular weight excluding hydrogens is 242 g/mol. The van der Waals surface area contributed by atoms with Gasteiger partial charge in [0, 0.05) is 35.4 Å². The molecule has 2 aliphatic heterocycles. The third kappa shape index (κ3) is 2.08. The molecule has 19 heavy (non-hydrogen) atoms. The van der Waals surface area contributed by atoms with Crippen molar-refractivity contribution in [2.45, 2.75) is 50.7 Å². The van der Waals surface area contributed by atoms with Crippen LogP contribution >= 0.6 is 0 Å². The number of piperidine rings is 1. The Labute approximate surface area is 112 Å². The van der Waals surface area contributed by atoms with Crippen LogP contribution in [0.25, 0.3) is 0 Å². The number of nitro groups is 1. The van der Waals surface area contributed by atoms with Gasteiger partial charge in [-0.25, -0.2) is 0 Å². The molecule has 102 valence electrons. The van der Waals surface area contributed by atoms with E-state index >= 15 is 0 Å². The highest BCUT2D eigenvalue weighted by Gasteiger charge is 2.40. The third-order valence-electron chi connectivity index (χ3n) is 4.46. The Morgan fingerprint density at radius 1 is 1.32 bits per heavy atom. The Morgan fingerprint density at radius 3 is 2.53 bits per heavy atom. The summed E-state index contributed by atoms with van der Waals surface area (Å²) >= 11 is 0. The molecule has 2 aliphatic rings. The maximum absolute atomic E-state index is 11.1. The Hall–Kier alpha value is -1.62. The van der Waals surface area contributed by atoms with Crippen LogP contribution in [0.4, 0.5) is 11.4 Å². The Bertz CT molecular complexity index is 503. The summed E-state index contributed by atoms with van der Waals surface area (Å²) in [7, 11) is 0. The van der Waals surface area contributed by atoms with E-state index in [0.717, 1.165) is 36.9 Å². The molecule has 0 radical (unpaired) electrons. The van der Waals surface area contributed by atoms with Crippen molar-refractivity contribution in [3.05, 3.63) is 33.9 Å². The van der Waals surface area contributed by atoms with Gasteiger partial charge in [-0.05, 0) is 38.7 Å². The van der Waals surface area contributed by atoms with Gasteiger partial charge in [-0.3, -0.25) is 10.1 Å². The predicted molar refractivity (Wildman–Crippen MR) is 74.3 cm³/mol. The monoisotopic (exact) mass is 261 g/mol. The first-order valence-corrected chi connectivity index (χ1v) is 6.85. The minimum atomic E-state index is -0.295. The number of nitrogens with zero attached hydrogens (tertiary/aromatic N) is 2. The van der Waals surface area contributed by atoms with Gasteiger partial charge < -0.3 is 10.6 Å². The van der Waals surface area contributed by atoms with Crippen LogP contribution in [0, 0.1) is 17.0 Å². The van der Waals surface area contributed by atoms with E-state index in [2.05, 4.69) is 4.90 Å². The molecule has 5 heteroatoms. The molecule has 5 nitrogen and oxygen atoms in total. The SMILES string of the molecule is Cc1ccc(N2C3CCC2CC(N)C3)cc1[N+](=O)[O-]. The smallest absolute Gasteiger partial charge is 0.274 e. The van der Waals surface area contributed by atoms with Crippen LogP contribution in [0.3, 0.4) is 0 Å². The number of fused-ring (bicyclic) bond motifs is 2. The second-order valence-electron chi connectivity index (χ2n) is 5.75. The number of nitrogens with two attached hydrogens (primary N) is 1. The van der Waals surface area contributed by atoms with Gasteiger partial charge in [-0.15, -0.1) is 0 Å². The van der Waals surface area contributed by atoms with Gasteiger partial charge >= 0.3 is 0 Å². The first-order chi connectivity index (χ1) is 9.06. The lowest BCUT2D eigenvalue weighted by atomic mass is 9.97. The van der Waals surface area contributed by atoms with Crippen molar-refractivity contribution >= 4 is 11.4 Å². The summed E-state index contributed by atoms with van der Waals surface area (Å²) in [6.07, 6.45) is 4.30. The Kier molecular flexibility index (Phi) is 2.93. The summed E-state index contributed by atoms with van der Waals surface area (Å²) < 4.78 is 0. The van der Waals surface area contributed by atoms with Crippen LogP contribution in [0.15, 0.2) is 18.2 Å². The number of rotatable bonds is 2. The first kappa shape index (κ1) is 12.4. The molecule has 0 spiro atoms. The number of benzene rings is 1. The van der Waals surface area contributed by atoms with E-state index in [9.17, 15) is 10.1 Å². The molecule has 3 rings (SSSR count). The highest BCUT2D eigenvalue weighted by Crippen LogP contribution is 2.40. The molecule has 2 fully saturated rings. The number of aryl methyl sites for hydroxylation is 1. The summed E-state index contributed by atoms with van der Waals surface area (Å²) in [6, 6.07) is 6.77. The lowest BCUT2D eigenvalue weighted by Crippen LogP contribution is -2.47. The molecule has 0 aliphatic carbocycles. The lowest BCUT2D eigenvalue weighted by Gasteiger charge is -2.39. The number of hydrogen-bond acceptors (Lipinski definition) is 4. The summed E-state index contributed by atoms with van der Waals surface area (Å²) in [4.78, 5) is 13.1. The Morgan fingerprint density at radius 2 is 1.95 bits per heavy atom. The van der Waals surface area contributed by atoms with Crippen LogP contribution in [-0.4, -0.2) is 23.0 Å². The van der Waals surface area contributed by atoms with Gasteiger partial charge in [-0.2, -0.15) is 0 Å². The Balaban J connectivity index is 1.95. The van der Waals surface area contributed by atoms with E-state index in [1.54, 1.807) is 13.0 Å². The van der Waals surface area contributed by atoms with Gasteiger partial charge in [0.25, 0.3) is 5.69 Å². The van der Waals surface area contributed by atoms with E-state index in [-0.39, 0.29) is 16.7 Å². The number of anilines is 1. The molecular formula is C14H19N3O2. The third-order valence-corrected chi connectivity index (χ3v) is 4.46. The maximum Gasteiger partial charge on any atom is 0.274 e. The molecule has 0 saturated carbocycles. The minimum Gasteiger partial charge on any atom is -0.365 e. The standard InChI is InChI=1S/C14H19N3O2/c1-9-2-3-13(8-14(9)17(18)19)16-11-4-5-12(16)7-10(15)6-11/h2-3,8,10-12H,4-7,15H2,1H3. The van der Waals surface area contributed by atoms with Crippen LogP contribution in [0.5, 0.6) is 0 Å². The quantitative estimate of drug-likeness (QED) is 0.655. The summed E-state index contributed by atoms with van der Waals surface area (Å²) in [5.41, 5.74) is 7.98. The molecule has 1 aromatic rings. The van der Waals surface area contributed by atoms with E-state index in [1.165, 1.54) is 0 Å². The zero-order valence-electron chi connectivity index (χ0n) is 11.1. The molecule has 0 amide bonds. The highest BCUT2D eigenvalue weighted by molar-refractivity contribution is 5.58. The topological polar surface area (TPSA) is 72.4 Å². The van der Waals surface area contributed by atoms with Gasteiger partial charge in [0.1, 0.15) is 0 Å². The fourth-order valence-corrected chi connectivity index (χ4v) is 3.60. The molecule has 2 N–H and O–H groups in total. The first-order valence-electron chi connectivity index (χ1n) is 6.85. The fraction of sp³-hybridized carbons (Fsp3) is 0.571. The van der Waals surface area contributed by atoms with Crippen molar-refractivity contribution in [2.75, 3.05) is 4.90 Å². The molecule has 2 atom stereocenters. The van der Waals surface area contributed by atoms with Crippen LogP contribution in [-0.2, 0) is 0 Å². The van der Waals surface area contributed by atoms with Crippen molar-refractivity contribution in [2.24, 2.45) is 5.73 Å². The maximum atomic E-state index is 11.1. The van der Waals surface area contributed by atoms with Crippen molar-refractivity contribution in [3.63, 3.8) is 0 Å². The van der Waals surface area contributed by atoms with Crippen molar-refractivity contribution in [1.29, 1.82) is 0 Å². The molecule has 2 heterocycles. The number of hydrogen-bond donors (Lipinski definition) is 1. The molecule has 2 saturated heterocycles. The van der Waals surface area contributed by atoms with Gasteiger partial charge in [0.2, 0.25) is 0 Å². The second kappa shape index (κ2) is 4.49. The fourth-order valence-electron chi connectivity index (χ4n) is 3.60. The summed E-state index contributed by atoms with van der Waals surface area (Å²) in [5.74, 6) is 0. The van der Waals surface area contributed by atoms with Gasteiger partial charge in [-0.1, -0.05) is 6.07 Å². The predicted octanol–water partition coefficient (Wildman–Crippen LogP) is 2.36. The van der Waals surface area contributed by atoms with E-state index < -0.39 is 0 Å². The van der Waals surface area contributed by atoms with E-state index in [0.29, 0.717) is 12.1 Å². The zero-order chi connectivity index (χ0) is 13.6. The molecule has 2 bridgehead atoms. The minimum absolute atomic E-state index is 0.215. The molecule has 0 aromatic heterocycles. The van der Waals surface area contributed by atoms with Crippen LogP contribution < -0.4 is 10.6 Å². The normalized spacial score (nSPS) is 29.6. The van der Waals surface area contributed by atoms with Gasteiger partial charge in [0.15, 0.2) is 0 Å². The van der Waals surface area contributed by atoms with E-state index in [1.807, 2.05) is 12.1 Å². The lowest BCUT2D eigenvalue weighted by molar-refractivity contribution is -0.385. The van der Waals surface area contributed by atoms with Crippen molar-refractivity contribution in [1.82, 2.24) is 0 Å². The largest absolute Gasteiger partial charge is 0.365 e. The van der Waals surface area contributed by atoms with Crippen molar-refractivity contribution < 1.29 is 4.92 Å². The number of nitro benzene ring substituents is 1. The molecule has 2 unspecified atom stereocenters. The average Bonchev–Trinajstić information content (AvgIpc) is 2.63. The summed E-state index contributed by atoms with van der Waals surface area (Å²) in [6.45, 7) is 1.78. The van der Waals surface area contributed by atoms with E-state index in [4.69, 9.17) is 5.73 Å². The van der Waals surface area contributed by atoms with Gasteiger partial charge in [0.05, 0.1) is 4.92 Å². The second-order valence-corrected chi connectivity index (χ2v) is 5.75. The average molecular weight is 261 g/mol. The zero-order valence-corrected chi connectivity index (χ0v) is 11.1. The van der Waals surface area contributed by atoms with Crippen molar-refractivity contribution in [3.8, 4) is 0 Å². The van der Waals surface area contributed by atoms with Crippen LogP contribution in [0.1, 0.15) is 31.2 Å². The van der Waals surface area contributed by atoms with Crippen LogP contribution in [0.2, 0.25) is 0 Å². The molecule has 1 aromatic carbocycles.